The molecule has 174 valence electrons. The summed E-state index contributed by atoms with van der Waals surface area (Å²) in [4.78, 5) is 13.0. The normalized spacial score (nSPS) is 11.3. The van der Waals surface area contributed by atoms with Gasteiger partial charge in [-0.3, -0.25) is 4.79 Å². The van der Waals surface area contributed by atoms with Gasteiger partial charge in [0, 0.05) is 6.54 Å². The molecule has 0 aliphatic heterocycles. The van der Waals surface area contributed by atoms with Crippen molar-refractivity contribution in [2.75, 3.05) is 32.6 Å². The van der Waals surface area contributed by atoms with E-state index in [-0.39, 0.29) is 18.0 Å². The van der Waals surface area contributed by atoms with Gasteiger partial charge in [-0.1, -0.05) is 42.5 Å². The van der Waals surface area contributed by atoms with E-state index in [1.165, 1.54) is 24.6 Å². The van der Waals surface area contributed by atoms with Crippen LogP contribution in [0.1, 0.15) is 11.1 Å². The fourth-order valence-electron chi connectivity index (χ4n) is 3.44. The summed E-state index contributed by atoms with van der Waals surface area (Å²) in [5.41, 5.74) is 2.15. The zero-order valence-electron chi connectivity index (χ0n) is 18.9. The number of amides is 1. The van der Waals surface area contributed by atoms with Gasteiger partial charge in [-0.2, -0.15) is 4.31 Å². The van der Waals surface area contributed by atoms with Gasteiger partial charge < -0.3 is 14.8 Å². The van der Waals surface area contributed by atoms with Crippen molar-refractivity contribution in [2.45, 2.75) is 18.2 Å². The maximum Gasteiger partial charge on any atom is 0.243 e. The van der Waals surface area contributed by atoms with Crippen LogP contribution in [0.15, 0.2) is 77.7 Å². The predicted molar refractivity (Wildman–Crippen MR) is 128 cm³/mol. The summed E-state index contributed by atoms with van der Waals surface area (Å²) < 4.78 is 38.7. The van der Waals surface area contributed by atoms with E-state index in [0.29, 0.717) is 29.2 Å². The van der Waals surface area contributed by atoms with Gasteiger partial charge in [0.2, 0.25) is 15.9 Å². The molecule has 0 aliphatic carbocycles. The van der Waals surface area contributed by atoms with Crippen molar-refractivity contribution >= 4 is 21.6 Å². The van der Waals surface area contributed by atoms with Crippen molar-refractivity contribution in [2.24, 2.45) is 0 Å². The van der Waals surface area contributed by atoms with Gasteiger partial charge in [0.1, 0.15) is 11.5 Å². The first kappa shape index (κ1) is 24.3. The lowest BCUT2D eigenvalue weighted by atomic mass is 10.1. The molecule has 0 atom stereocenters. The van der Waals surface area contributed by atoms with Crippen molar-refractivity contribution in [3.63, 3.8) is 0 Å². The molecule has 0 fully saturated rings. The number of sulfonamides is 1. The average Bonchev–Trinajstić information content (AvgIpc) is 2.82. The Bertz CT molecular complexity index is 1200. The standard InChI is InChI=1S/C25H28N2O5S/c1-19-17-21(13-14-23(19)31-2)33(29,30)27(16-15-20-9-5-4-6-10-20)18-25(28)26-22-11-7-8-12-24(22)32-3/h4-14,17H,15-16,18H2,1-3H3,(H,26,28). The van der Waals surface area contributed by atoms with E-state index in [2.05, 4.69) is 5.32 Å². The Kier molecular flexibility index (Phi) is 8.08. The van der Waals surface area contributed by atoms with Crippen molar-refractivity contribution in [3.05, 3.63) is 83.9 Å². The number of methoxy groups -OCH3 is 2. The lowest BCUT2D eigenvalue weighted by molar-refractivity contribution is -0.116. The molecule has 7 nitrogen and oxygen atoms in total. The van der Waals surface area contributed by atoms with Gasteiger partial charge in [0.15, 0.2) is 0 Å². The summed E-state index contributed by atoms with van der Waals surface area (Å²) >= 11 is 0. The fraction of sp³-hybridized carbons (Fsp3) is 0.240. The van der Waals surface area contributed by atoms with Crippen LogP contribution in [0.3, 0.4) is 0 Å². The number of hydrogen-bond donors (Lipinski definition) is 1. The third-order valence-corrected chi connectivity index (χ3v) is 7.04. The van der Waals surface area contributed by atoms with Crippen LogP contribution < -0.4 is 14.8 Å². The van der Waals surface area contributed by atoms with Crippen LogP contribution in [0.4, 0.5) is 5.69 Å². The third-order valence-electron chi connectivity index (χ3n) is 5.20. The van der Waals surface area contributed by atoms with Crippen molar-refractivity contribution in [1.29, 1.82) is 0 Å². The molecule has 33 heavy (non-hydrogen) atoms. The van der Waals surface area contributed by atoms with E-state index < -0.39 is 15.9 Å². The van der Waals surface area contributed by atoms with Gasteiger partial charge in [-0.15, -0.1) is 0 Å². The maximum absolute atomic E-state index is 13.5. The number of para-hydroxylation sites is 2. The van der Waals surface area contributed by atoms with Gasteiger partial charge in [0.25, 0.3) is 0 Å². The minimum Gasteiger partial charge on any atom is -0.496 e. The zero-order valence-corrected chi connectivity index (χ0v) is 19.8. The molecule has 0 aliphatic rings. The summed E-state index contributed by atoms with van der Waals surface area (Å²) in [6.45, 7) is 1.59. The molecule has 0 unspecified atom stereocenters. The first-order valence-electron chi connectivity index (χ1n) is 10.5. The number of ether oxygens (including phenoxy) is 2. The topological polar surface area (TPSA) is 84.9 Å². The molecule has 1 N–H and O–H groups in total. The summed E-state index contributed by atoms with van der Waals surface area (Å²) in [6, 6.07) is 21.2. The number of carbonyl (C=O) groups is 1. The molecule has 0 radical (unpaired) electrons. The monoisotopic (exact) mass is 468 g/mol. The third kappa shape index (κ3) is 6.12. The van der Waals surface area contributed by atoms with E-state index in [1.54, 1.807) is 43.3 Å². The number of carbonyl (C=O) groups excluding carboxylic acids is 1. The molecule has 0 heterocycles. The summed E-state index contributed by atoms with van der Waals surface area (Å²) in [5.74, 6) is 0.635. The van der Waals surface area contributed by atoms with Gasteiger partial charge in [-0.05, 0) is 54.8 Å². The molecular formula is C25H28N2O5S. The lowest BCUT2D eigenvalue weighted by Gasteiger charge is -2.22. The van der Waals surface area contributed by atoms with Crippen LogP contribution in [0, 0.1) is 6.92 Å². The largest absolute Gasteiger partial charge is 0.496 e. The Morgan fingerprint density at radius 1 is 0.909 bits per heavy atom. The van der Waals surface area contributed by atoms with Crippen molar-refractivity contribution in [1.82, 2.24) is 4.31 Å². The van der Waals surface area contributed by atoms with Crippen LogP contribution in [0.5, 0.6) is 11.5 Å². The van der Waals surface area contributed by atoms with Crippen LogP contribution >= 0.6 is 0 Å². The number of nitrogens with one attached hydrogen (secondary N) is 1. The molecule has 0 aromatic heterocycles. The molecule has 0 saturated carbocycles. The number of benzene rings is 3. The fourth-order valence-corrected chi connectivity index (χ4v) is 4.92. The molecule has 3 aromatic carbocycles. The van der Waals surface area contributed by atoms with E-state index in [9.17, 15) is 13.2 Å². The summed E-state index contributed by atoms with van der Waals surface area (Å²) in [6.07, 6.45) is 0.469. The molecular weight excluding hydrogens is 440 g/mol. The molecule has 8 heteroatoms. The van der Waals surface area contributed by atoms with Crippen LogP contribution in [0.2, 0.25) is 0 Å². The van der Waals surface area contributed by atoms with Crippen molar-refractivity contribution in [3.8, 4) is 11.5 Å². The quantitative estimate of drug-likeness (QED) is 0.488. The Morgan fingerprint density at radius 2 is 1.58 bits per heavy atom. The number of rotatable bonds is 10. The first-order chi connectivity index (χ1) is 15.8. The highest BCUT2D eigenvalue weighted by molar-refractivity contribution is 7.89. The number of aryl methyl sites for hydroxylation is 1. The summed E-state index contributed by atoms with van der Waals surface area (Å²) in [7, 11) is -0.896. The highest BCUT2D eigenvalue weighted by Gasteiger charge is 2.27. The molecule has 3 aromatic rings. The lowest BCUT2D eigenvalue weighted by Crippen LogP contribution is -2.39. The van der Waals surface area contributed by atoms with E-state index in [1.807, 2.05) is 30.3 Å². The highest BCUT2D eigenvalue weighted by Crippen LogP contribution is 2.25. The Labute approximate surface area is 195 Å². The maximum atomic E-state index is 13.5. The number of hydrogen-bond acceptors (Lipinski definition) is 5. The number of anilines is 1. The van der Waals surface area contributed by atoms with E-state index in [0.717, 1.165) is 5.56 Å². The minimum atomic E-state index is -3.94. The van der Waals surface area contributed by atoms with Crippen molar-refractivity contribution < 1.29 is 22.7 Å². The van der Waals surface area contributed by atoms with E-state index >= 15 is 0 Å². The minimum absolute atomic E-state index is 0.110. The molecule has 0 spiro atoms. The first-order valence-corrected chi connectivity index (χ1v) is 11.9. The molecule has 1 amide bonds. The van der Waals surface area contributed by atoms with Gasteiger partial charge in [-0.25, -0.2) is 8.42 Å². The van der Waals surface area contributed by atoms with E-state index in [4.69, 9.17) is 9.47 Å². The second kappa shape index (κ2) is 11.0. The average molecular weight is 469 g/mol. The van der Waals surface area contributed by atoms with Crippen LogP contribution in [-0.2, 0) is 21.2 Å². The van der Waals surface area contributed by atoms with Gasteiger partial charge >= 0.3 is 0 Å². The zero-order chi connectivity index (χ0) is 23.8. The second-order valence-corrected chi connectivity index (χ2v) is 9.39. The van der Waals surface area contributed by atoms with Crippen LogP contribution in [-0.4, -0.2) is 45.9 Å². The Morgan fingerprint density at radius 3 is 2.24 bits per heavy atom. The highest BCUT2D eigenvalue weighted by atomic mass is 32.2. The molecule has 0 saturated heterocycles. The van der Waals surface area contributed by atoms with Gasteiger partial charge in [0.05, 0.1) is 31.3 Å². The second-order valence-electron chi connectivity index (χ2n) is 7.45. The smallest absolute Gasteiger partial charge is 0.243 e. The molecule has 3 rings (SSSR count). The Hall–Kier alpha value is -3.36. The number of nitrogens with zero attached hydrogens (tertiary/aromatic N) is 1. The predicted octanol–water partition coefficient (Wildman–Crippen LogP) is 3.88. The summed E-state index contributed by atoms with van der Waals surface area (Å²) in [5, 5.41) is 2.75. The Balaban J connectivity index is 1.86. The molecule has 0 bridgehead atoms. The SMILES string of the molecule is COc1ccc(S(=O)(=O)N(CCc2ccccc2)CC(=O)Nc2ccccc2OC)cc1C. The van der Waals surface area contributed by atoms with Crippen LogP contribution in [0.25, 0.3) is 0 Å².